The van der Waals surface area contributed by atoms with Gasteiger partial charge in [-0.05, 0) is 49.2 Å². The van der Waals surface area contributed by atoms with Crippen molar-refractivity contribution in [2.75, 3.05) is 13.2 Å². The lowest BCUT2D eigenvalue weighted by atomic mass is 10.1. The average Bonchev–Trinajstić information content (AvgIpc) is 3.38. The van der Waals surface area contributed by atoms with Crippen LogP contribution in [-0.4, -0.2) is 29.3 Å². The van der Waals surface area contributed by atoms with E-state index in [-0.39, 0.29) is 0 Å². The maximum Gasteiger partial charge on any atom is 0.349 e. The molecular weight excluding hydrogens is 380 g/mol. The first-order chi connectivity index (χ1) is 13.6. The summed E-state index contributed by atoms with van der Waals surface area (Å²) in [5.41, 5.74) is 0.961. The van der Waals surface area contributed by atoms with Gasteiger partial charge in [-0.1, -0.05) is 12.1 Å². The highest BCUT2D eigenvalue weighted by Gasteiger charge is 2.21. The highest BCUT2D eigenvalue weighted by atomic mass is 32.1. The number of fused-ring (bicyclic) bond motifs is 1. The predicted octanol–water partition coefficient (Wildman–Crippen LogP) is 4.44. The number of hydrogen-bond acceptors (Lipinski definition) is 8. The van der Waals surface area contributed by atoms with Gasteiger partial charge in [-0.15, -0.1) is 11.3 Å². The molecule has 1 aliphatic rings. The Kier molecular flexibility index (Phi) is 5.29. The lowest BCUT2D eigenvalue weighted by Gasteiger charge is -2.18. The predicted molar refractivity (Wildman–Crippen MR) is 103 cm³/mol. The number of thiophene rings is 1. The Morgan fingerprint density at radius 1 is 1.21 bits per heavy atom. The molecule has 0 N–H and O–H groups in total. The second-order valence-corrected chi connectivity index (χ2v) is 7.45. The lowest BCUT2D eigenvalue weighted by Crippen LogP contribution is -2.15. The van der Waals surface area contributed by atoms with E-state index in [2.05, 4.69) is 10.1 Å². The van der Waals surface area contributed by atoms with E-state index in [1.165, 1.54) is 11.3 Å². The van der Waals surface area contributed by atoms with Crippen molar-refractivity contribution in [3.05, 3.63) is 46.9 Å². The molecule has 3 heterocycles. The zero-order valence-corrected chi connectivity index (χ0v) is 16.5. The van der Waals surface area contributed by atoms with Crippen molar-refractivity contribution in [2.24, 2.45) is 0 Å². The van der Waals surface area contributed by atoms with Crippen LogP contribution in [0.2, 0.25) is 0 Å². The normalized spacial score (nSPS) is 13.9. The highest BCUT2D eigenvalue weighted by molar-refractivity contribution is 7.17. The number of hydrogen-bond donors (Lipinski definition) is 0. The van der Waals surface area contributed by atoms with Crippen molar-refractivity contribution in [3.63, 3.8) is 0 Å². The maximum absolute atomic E-state index is 12.5. The van der Waals surface area contributed by atoms with Gasteiger partial charge in [0, 0.05) is 11.3 Å². The molecule has 28 heavy (non-hydrogen) atoms. The summed E-state index contributed by atoms with van der Waals surface area (Å²) in [6.07, 6.45) is 1.05. The van der Waals surface area contributed by atoms with Gasteiger partial charge in [-0.25, -0.2) is 4.79 Å². The fourth-order valence-corrected chi connectivity index (χ4v) is 3.71. The minimum absolute atomic E-state index is 0.306. The van der Waals surface area contributed by atoms with E-state index >= 15 is 0 Å². The summed E-state index contributed by atoms with van der Waals surface area (Å²) in [6, 6.07) is 9.40. The number of rotatable bonds is 6. The zero-order valence-electron chi connectivity index (χ0n) is 15.6. The molecular formula is C20H20N2O5S. The summed E-state index contributed by atoms with van der Waals surface area (Å²) in [6.45, 7) is 4.84. The molecule has 1 aromatic carbocycles. The Morgan fingerprint density at radius 3 is 2.86 bits per heavy atom. The third-order valence-corrected chi connectivity index (χ3v) is 5.34. The fraction of sp³-hybridized carbons (Fsp3) is 0.350. The van der Waals surface area contributed by atoms with E-state index in [1.54, 1.807) is 13.0 Å². The van der Waals surface area contributed by atoms with Crippen molar-refractivity contribution < 1.29 is 23.5 Å². The molecule has 0 saturated carbocycles. The van der Waals surface area contributed by atoms with Crippen LogP contribution >= 0.6 is 11.3 Å². The van der Waals surface area contributed by atoms with Crippen molar-refractivity contribution in [1.29, 1.82) is 0 Å². The Labute approximate surface area is 166 Å². The van der Waals surface area contributed by atoms with Gasteiger partial charge in [0.15, 0.2) is 23.4 Å². The smallest absolute Gasteiger partial charge is 0.349 e. The van der Waals surface area contributed by atoms with E-state index in [9.17, 15) is 4.79 Å². The molecule has 8 heteroatoms. The van der Waals surface area contributed by atoms with Crippen LogP contribution in [0, 0.1) is 0 Å². The van der Waals surface area contributed by atoms with Crippen LogP contribution in [0.15, 0.2) is 34.9 Å². The summed E-state index contributed by atoms with van der Waals surface area (Å²) in [4.78, 5) is 18.2. The van der Waals surface area contributed by atoms with Gasteiger partial charge in [0.2, 0.25) is 0 Å². The van der Waals surface area contributed by atoms with Crippen molar-refractivity contribution in [3.8, 4) is 21.9 Å². The summed E-state index contributed by atoms with van der Waals surface area (Å²) >= 11 is 1.36. The molecule has 0 amide bonds. The van der Waals surface area contributed by atoms with Gasteiger partial charge in [0.05, 0.1) is 0 Å². The van der Waals surface area contributed by atoms with E-state index in [1.807, 2.05) is 31.2 Å². The second-order valence-electron chi connectivity index (χ2n) is 6.37. The Balaban J connectivity index is 1.45. The van der Waals surface area contributed by atoms with Crippen LogP contribution in [0.1, 0.15) is 47.8 Å². The summed E-state index contributed by atoms with van der Waals surface area (Å²) < 4.78 is 21.8. The molecule has 1 aliphatic heterocycles. The third kappa shape index (κ3) is 3.87. The third-order valence-electron chi connectivity index (χ3n) is 4.22. The lowest BCUT2D eigenvalue weighted by molar-refractivity contribution is 0.0271. The monoisotopic (exact) mass is 400 g/mol. The molecule has 0 fully saturated rings. The van der Waals surface area contributed by atoms with Crippen LogP contribution < -0.4 is 9.47 Å². The SMILES string of the molecule is CCCc1noc(C(C)OC(=O)c2ccc(-c3ccc4c(c3)OCCO4)s2)n1. The first kappa shape index (κ1) is 18.5. The number of ether oxygens (including phenoxy) is 3. The molecule has 146 valence electrons. The quantitative estimate of drug-likeness (QED) is 0.566. The van der Waals surface area contributed by atoms with E-state index in [0.717, 1.165) is 29.0 Å². The molecule has 3 aromatic rings. The van der Waals surface area contributed by atoms with Gasteiger partial charge in [0.1, 0.15) is 18.1 Å². The number of nitrogens with zero attached hydrogens (tertiary/aromatic N) is 2. The first-order valence-corrected chi connectivity index (χ1v) is 9.99. The van der Waals surface area contributed by atoms with Crippen LogP contribution in [0.5, 0.6) is 11.5 Å². The van der Waals surface area contributed by atoms with Crippen LogP contribution in [0.3, 0.4) is 0 Å². The van der Waals surface area contributed by atoms with Crippen molar-refractivity contribution in [2.45, 2.75) is 32.8 Å². The van der Waals surface area contributed by atoms with Gasteiger partial charge in [-0.2, -0.15) is 4.98 Å². The van der Waals surface area contributed by atoms with E-state index in [4.69, 9.17) is 18.7 Å². The van der Waals surface area contributed by atoms with Crippen LogP contribution in [0.4, 0.5) is 0 Å². The molecule has 2 aromatic heterocycles. The molecule has 1 unspecified atom stereocenters. The van der Waals surface area contributed by atoms with Gasteiger partial charge in [-0.3, -0.25) is 0 Å². The van der Waals surface area contributed by atoms with Crippen LogP contribution in [-0.2, 0) is 11.2 Å². The zero-order chi connectivity index (χ0) is 19.5. The summed E-state index contributed by atoms with van der Waals surface area (Å²) in [7, 11) is 0. The molecule has 7 nitrogen and oxygen atoms in total. The first-order valence-electron chi connectivity index (χ1n) is 9.17. The standard InChI is InChI=1S/C20H20N2O5S/c1-3-4-18-21-19(27-22-18)12(2)26-20(23)17-8-7-16(28-17)13-5-6-14-15(11-13)25-10-9-24-14/h5-8,11-12H,3-4,9-10H2,1-2H3. The Hall–Kier alpha value is -2.87. The highest BCUT2D eigenvalue weighted by Crippen LogP contribution is 2.37. The molecule has 1 atom stereocenters. The van der Waals surface area contributed by atoms with E-state index < -0.39 is 12.1 Å². The van der Waals surface area contributed by atoms with Crippen molar-refractivity contribution >= 4 is 17.3 Å². The number of carbonyl (C=O) groups is 1. The number of carbonyl (C=O) groups excluding carboxylic acids is 1. The Morgan fingerprint density at radius 2 is 2.04 bits per heavy atom. The van der Waals surface area contributed by atoms with E-state index in [0.29, 0.717) is 35.6 Å². The van der Waals surface area contributed by atoms with Gasteiger partial charge in [0.25, 0.3) is 5.89 Å². The van der Waals surface area contributed by atoms with Crippen LogP contribution in [0.25, 0.3) is 10.4 Å². The molecule has 0 saturated heterocycles. The summed E-state index contributed by atoms with van der Waals surface area (Å²) in [5.74, 6) is 1.96. The number of benzene rings is 1. The largest absolute Gasteiger partial charge is 0.486 e. The maximum atomic E-state index is 12.5. The minimum Gasteiger partial charge on any atom is -0.486 e. The molecule has 0 radical (unpaired) electrons. The fourth-order valence-electron chi connectivity index (χ4n) is 2.83. The molecule has 0 aliphatic carbocycles. The molecule has 0 spiro atoms. The minimum atomic E-state index is -0.606. The molecule has 0 bridgehead atoms. The number of esters is 1. The number of aromatic nitrogens is 2. The molecule has 4 rings (SSSR count). The van der Waals surface area contributed by atoms with Gasteiger partial charge < -0.3 is 18.7 Å². The van der Waals surface area contributed by atoms with Gasteiger partial charge >= 0.3 is 5.97 Å². The Bertz CT molecular complexity index is 981. The topological polar surface area (TPSA) is 83.7 Å². The van der Waals surface area contributed by atoms with Crippen molar-refractivity contribution in [1.82, 2.24) is 10.1 Å². The number of aryl methyl sites for hydroxylation is 1. The summed E-state index contributed by atoms with van der Waals surface area (Å²) in [5, 5.41) is 3.89. The second kappa shape index (κ2) is 8.02. The average molecular weight is 400 g/mol.